The van der Waals surface area contributed by atoms with Crippen LogP contribution in [0.25, 0.3) is 0 Å². The van der Waals surface area contributed by atoms with Crippen molar-refractivity contribution in [3.63, 3.8) is 0 Å². The number of amides is 1. The molecule has 2 N–H and O–H groups in total. The zero-order chi connectivity index (χ0) is 22.9. The van der Waals surface area contributed by atoms with Crippen molar-refractivity contribution in [1.29, 1.82) is 0 Å². The van der Waals surface area contributed by atoms with Gasteiger partial charge in [-0.05, 0) is 55.4 Å². The van der Waals surface area contributed by atoms with Crippen molar-refractivity contribution >= 4 is 29.0 Å². The van der Waals surface area contributed by atoms with Crippen LogP contribution in [0.5, 0.6) is 5.75 Å². The minimum Gasteiger partial charge on any atom is -0.506 e. The number of carbonyl (C=O) groups is 2. The largest absolute Gasteiger partial charge is 0.506 e. The molecule has 3 rings (SSSR count). The molecular weight excluding hydrogens is 416 g/mol. The molecule has 2 atom stereocenters. The average Bonchev–Trinajstić information content (AvgIpc) is 3.35. The molecule has 1 amide bonds. The highest BCUT2D eigenvalue weighted by molar-refractivity contribution is 6.31. The minimum atomic E-state index is -0.190. The lowest BCUT2D eigenvalue weighted by Gasteiger charge is -2.23. The van der Waals surface area contributed by atoms with Crippen molar-refractivity contribution in [2.24, 2.45) is 5.92 Å². The lowest BCUT2D eigenvalue weighted by molar-refractivity contribution is -0.120. The summed E-state index contributed by atoms with van der Waals surface area (Å²) in [5.74, 6) is 0.945. The van der Waals surface area contributed by atoms with Crippen LogP contribution in [0.2, 0.25) is 5.02 Å². The van der Waals surface area contributed by atoms with Crippen molar-refractivity contribution in [2.75, 3.05) is 12.4 Å². The van der Waals surface area contributed by atoms with Crippen molar-refractivity contribution in [3.8, 4) is 5.75 Å². The maximum atomic E-state index is 12.8. The van der Waals surface area contributed by atoms with Gasteiger partial charge in [0.05, 0.1) is 12.2 Å². The Hall–Kier alpha value is -2.47. The van der Waals surface area contributed by atoms with Gasteiger partial charge in [0.2, 0.25) is 0 Å². The molecule has 1 aliphatic carbocycles. The third-order valence-corrected chi connectivity index (χ3v) is 6.38. The van der Waals surface area contributed by atoms with Gasteiger partial charge in [-0.15, -0.1) is 0 Å². The number of rotatable bonds is 6. The lowest BCUT2D eigenvalue weighted by atomic mass is 9.86. The molecule has 0 aliphatic heterocycles. The van der Waals surface area contributed by atoms with Crippen LogP contribution >= 0.6 is 11.6 Å². The van der Waals surface area contributed by atoms with Gasteiger partial charge in [0, 0.05) is 30.1 Å². The molecule has 0 radical (unpaired) electrons. The van der Waals surface area contributed by atoms with Crippen LogP contribution in [-0.4, -0.2) is 34.8 Å². The molecule has 0 saturated heterocycles. The summed E-state index contributed by atoms with van der Waals surface area (Å²) in [6, 6.07) is 6.84. The number of anilines is 1. The highest BCUT2D eigenvalue weighted by atomic mass is 35.5. The highest BCUT2D eigenvalue weighted by Crippen LogP contribution is 2.37. The second kappa shape index (κ2) is 8.95. The summed E-state index contributed by atoms with van der Waals surface area (Å²) in [4.78, 5) is 26.1. The summed E-state index contributed by atoms with van der Waals surface area (Å²) >= 11 is 6.28. The number of nitrogens with one attached hydrogen (secondary N) is 1. The molecule has 1 aromatic heterocycles. The van der Waals surface area contributed by atoms with E-state index in [0.29, 0.717) is 29.4 Å². The maximum Gasteiger partial charge on any atom is 0.289 e. The molecule has 0 bridgehead atoms. The number of furan rings is 1. The monoisotopic (exact) mass is 446 g/mol. The normalized spacial score (nSPS) is 18.8. The number of carbonyl (C=O) groups excluding carboxylic acids is 2. The number of aromatic hydroxyl groups is 1. The Morgan fingerprint density at radius 3 is 2.58 bits per heavy atom. The number of ketones is 1. The Morgan fingerprint density at radius 2 is 1.97 bits per heavy atom. The summed E-state index contributed by atoms with van der Waals surface area (Å²) in [5, 5.41) is 13.9. The van der Waals surface area contributed by atoms with Gasteiger partial charge in [-0.1, -0.05) is 32.4 Å². The van der Waals surface area contributed by atoms with Gasteiger partial charge in [0.1, 0.15) is 17.3 Å². The molecule has 7 heteroatoms. The van der Waals surface area contributed by atoms with Crippen molar-refractivity contribution in [3.05, 3.63) is 46.4 Å². The van der Waals surface area contributed by atoms with Crippen molar-refractivity contribution in [1.82, 2.24) is 4.90 Å². The number of phenolic OH excluding ortho intramolecular Hbond substituents is 1. The zero-order valence-corrected chi connectivity index (χ0v) is 19.5. The summed E-state index contributed by atoms with van der Waals surface area (Å²) in [7, 11) is 1.76. The van der Waals surface area contributed by atoms with E-state index in [1.165, 1.54) is 6.07 Å². The number of hydrogen-bond donors (Lipinski definition) is 2. The summed E-state index contributed by atoms with van der Waals surface area (Å²) < 4.78 is 5.75. The molecule has 6 nitrogen and oxygen atoms in total. The van der Waals surface area contributed by atoms with Gasteiger partial charge in [0.15, 0.2) is 5.76 Å². The second-order valence-corrected chi connectivity index (χ2v) is 9.82. The summed E-state index contributed by atoms with van der Waals surface area (Å²) in [6.07, 6.45) is 2.36. The quantitative estimate of drug-likeness (QED) is 0.582. The number of hydrogen-bond acceptors (Lipinski definition) is 5. The lowest BCUT2D eigenvalue weighted by Crippen LogP contribution is -2.35. The first-order chi connectivity index (χ1) is 14.5. The van der Waals surface area contributed by atoms with Gasteiger partial charge < -0.3 is 19.7 Å². The number of Topliss-reactive ketones (excluding diaryl/α,β-unsaturated/α-hetero) is 1. The van der Waals surface area contributed by atoms with E-state index in [2.05, 4.69) is 26.1 Å². The molecule has 1 aliphatic rings. The first kappa shape index (κ1) is 23.2. The van der Waals surface area contributed by atoms with Gasteiger partial charge >= 0.3 is 0 Å². The summed E-state index contributed by atoms with van der Waals surface area (Å²) in [6.45, 7) is 8.09. The number of benzene rings is 1. The van der Waals surface area contributed by atoms with Crippen LogP contribution in [0.3, 0.4) is 0 Å². The standard InChI is InChI=1S/C24H31ClN2O4/c1-14(28)15-6-7-16(10-15)27(5)23(30)22-9-8-17(31-22)13-26-20-11-18(24(2,3)4)19(25)12-21(20)29/h8-9,11-12,15-16,26,29H,6-7,10,13H2,1-5H3/t15?,16-/m1/s1. The predicted octanol–water partition coefficient (Wildman–Crippen LogP) is 5.38. The fourth-order valence-electron chi connectivity index (χ4n) is 4.07. The van der Waals surface area contributed by atoms with Crippen LogP contribution in [0.1, 0.15) is 68.8 Å². The first-order valence-corrected chi connectivity index (χ1v) is 11.0. The molecule has 2 aromatic rings. The van der Waals surface area contributed by atoms with E-state index in [0.717, 1.165) is 18.4 Å². The Kier molecular flexibility index (Phi) is 6.70. The number of phenols is 1. The molecule has 1 unspecified atom stereocenters. The average molecular weight is 447 g/mol. The molecule has 1 fully saturated rings. The van der Waals surface area contributed by atoms with Crippen molar-refractivity contribution < 1.29 is 19.1 Å². The van der Waals surface area contributed by atoms with Crippen LogP contribution in [0.15, 0.2) is 28.7 Å². The Bertz CT molecular complexity index is 976. The Morgan fingerprint density at radius 1 is 1.26 bits per heavy atom. The highest BCUT2D eigenvalue weighted by Gasteiger charge is 2.33. The molecule has 0 spiro atoms. The van der Waals surface area contributed by atoms with Crippen LogP contribution in [-0.2, 0) is 16.8 Å². The molecule has 1 aromatic carbocycles. The third-order valence-electron chi connectivity index (χ3n) is 6.07. The van der Waals surface area contributed by atoms with Gasteiger partial charge in [-0.25, -0.2) is 0 Å². The smallest absolute Gasteiger partial charge is 0.289 e. The van der Waals surface area contributed by atoms with E-state index in [1.807, 2.05) is 6.07 Å². The molecule has 1 saturated carbocycles. The van der Waals surface area contributed by atoms with Gasteiger partial charge in [-0.3, -0.25) is 9.59 Å². The van der Waals surface area contributed by atoms with E-state index in [4.69, 9.17) is 16.0 Å². The zero-order valence-electron chi connectivity index (χ0n) is 18.8. The summed E-state index contributed by atoms with van der Waals surface area (Å²) in [5.41, 5.74) is 1.31. The van der Waals surface area contributed by atoms with E-state index in [-0.39, 0.29) is 40.6 Å². The second-order valence-electron chi connectivity index (χ2n) is 9.41. The van der Waals surface area contributed by atoms with Crippen molar-refractivity contribution in [2.45, 2.75) is 65.0 Å². The molecule has 1 heterocycles. The van der Waals surface area contributed by atoms with E-state index >= 15 is 0 Å². The fraction of sp³-hybridized carbons (Fsp3) is 0.500. The molecule has 31 heavy (non-hydrogen) atoms. The maximum absolute atomic E-state index is 12.8. The SMILES string of the molecule is CC(=O)C1CC[C@@H](N(C)C(=O)c2ccc(CNc3cc(C(C)(C)C)c(Cl)cc3O)o2)C1. The van der Waals surface area contributed by atoms with Crippen LogP contribution in [0.4, 0.5) is 5.69 Å². The number of nitrogens with zero attached hydrogens (tertiary/aromatic N) is 1. The van der Waals surface area contributed by atoms with E-state index in [9.17, 15) is 14.7 Å². The van der Waals surface area contributed by atoms with Gasteiger partial charge in [-0.2, -0.15) is 0 Å². The fourth-order valence-corrected chi connectivity index (χ4v) is 4.51. The van der Waals surface area contributed by atoms with Crippen LogP contribution in [0, 0.1) is 5.92 Å². The number of halogens is 1. The minimum absolute atomic E-state index is 0.0432. The third kappa shape index (κ3) is 5.24. The first-order valence-electron chi connectivity index (χ1n) is 10.6. The Balaban J connectivity index is 1.65. The Labute approximate surface area is 188 Å². The van der Waals surface area contributed by atoms with Crippen LogP contribution < -0.4 is 5.32 Å². The van der Waals surface area contributed by atoms with E-state index < -0.39 is 0 Å². The van der Waals surface area contributed by atoms with E-state index in [1.54, 1.807) is 31.0 Å². The molecular formula is C24H31ClN2O4. The predicted molar refractivity (Wildman–Crippen MR) is 122 cm³/mol. The topological polar surface area (TPSA) is 82.8 Å². The molecule has 168 valence electrons. The van der Waals surface area contributed by atoms with Gasteiger partial charge in [0.25, 0.3) is 5.91 Å².